The van der Waals surface area contributed by atoms with Crippen LogP contribution in [-0.4, -0.2) is 33.6 Å². The van der Waals surface area contributed by atoms with Crippen molar-refractivity contribution in [2.45, 2.75) is 10.3 Å². The summed E-state index contributed by atoms with van der Waals surface area (Å²) in [5, 5.41) is 27.4. The summed E-state index contributed by atoms with van der Waals surface area (Å²) in [5.74, 6) is 0.891. The number of phenols is 2. The van der Waals surface area contributed by atoms with Crippen LogP contribution >= 0.6 is 24.0 Å². The van der Waals surface area contributed by atoms with Crippen molar-refractivity contribution in [3.8, 4) is 23.0 Å². The molecule has 51 heavy (non-hydrogen) atoms. The quantitative estimate of drug-likeness (QED) is 0.0536. The number of anilines is 1. The number of carbonyl (C=O) groups is 1. The van der Waals surface area contributed by atoms with E-state index in [0.717, 1.165) is 5.75 Å². The van der Waals surface area contributed by atoms with Crippen molar-refractivity contribution >= 4 is 40.7 Å². The Balaban J connectivity index is 1.02. The molecule has 0 radical (unpaired) electrons. The van der Waals surface area contributed by atoms with Crippen LogP contribution in [-0.2, 0) is 15.1 Å². The van der Waals surface area contributed by atoms with E-state index in [2.05, 4.69) is 83.4 Å². The number of hydrogen-bond acceptors (Lipinski definition) is 7. The second-order valence-corrected chi connectivity index (χ2v) is 14.0. The first-order valence-electron chi connectivity index (χ1n) is 16.5. The van der Waals surface area contributed by atoms with Crippen LogP contribution in [0.3, 0.4) is 0 Å². The smallest absolute Gasteiger partial charge is 0.340 e. The second-order valence-electron chi connectivity index (χ2n) is 12.3. The molecule has 0 bridgehead atoms. The van der Waals surface area contributed by atoms with Crippen LogP contribution in [0.5, 0.6) is 23.0 Å². The predicted octanol–water partition coefficient (Wildman–Crippen LogP) is 8.68. The summed E-state index contributed by atoms with van der Waals surface area (Å²) in [4.78, 5) is 13.5. The number of fused-ring (bicyclic) bond motifs is 6. The van der Waals surface area contributed by atoms with E-state index in [0.29, 0.717) is 51.1 Å². The maximum Gasteiger partial charge on any atom is 0.340 e. The fraction of sp³-hybridized carbons (Fsp3) is 0.0952. The predicted molar refractivity (Wildman–Crippen MR) is 204 cm³/mol. The number of benzene rings is 6. The first kappa shape index (κ1) is 32.4. The molecule has 6 aromatic carbocycles. The van der Waals surface area contributed by atoms with Gasteiger partial charge in [-0.3, -0.25) is 0 Å². The van der Waals surface area contributed by atoms with Gasteiger partial charge in [-0.15, -0.1) is 11.8 Å². The summed E-state index contributed by atoms with van der Waals surface area (Å²) in [5.41, 5.74) is 5.01. The fourth-order valence-electron chi connectivity index (χ4n) is 7.10. The summed E-state index contributed by atoms with van der Waals surface area (Å²) in [6, 6.07) is 46.5. The third-order valence-electron chi connectivity index (χ3n) is 9.28. The van der Waals surface area contributed by atoms with Crippen LogP contribution in [0.25, 0.3) is 0 Å². The number of thiocarbonyl (C=S) groups is 1. The molecule has 7 nitrogen and oxygen atoms in total. The first-order chi connectivity index (χ1) is 24.9. The standard InChI is InChI=1S/C42H32N2O5S2/c45-31-17-20-35-37(25-31)48-38-26-32(46)18-21-36(38)41(35)34-19-16-30(24-33(34)39(47)49-41)44-40(50)43-22-23-51-42(27-10-4-1-5-11-27,28-12-6-2-7-13-28)29-14-8-3-9-15-29/h1-21,24-26,45-46H,22-23H2,(H2,43,44,50). The molecule has 0 atom stereocenters. The molecule has 0 fully saturated rings. The van der Waals surface area contributed by atoms with E-state index in [4.69, 9.17) is 21.7 Å². The molecule has 0 saturated carbocycles. The lowest BCUT2D eigenvalue weighted by Crippen LogP contribution is -2.33. The highest BCUT2D eigenvalue weighted by atomic mass is 32.2. The van der Waals surface area contributed by atoms with E-state index < -0.39 is 16.3 Å². The van der Waals surface area contributed by atoms with Gasteiger partial charge < -0.3 is 30.3 Å². The minimum Gasteiger partial charge on any atom is -0.508 e. The molecule has 6 aromatic rings. The highest BCUT2D eigenvalue weighted by molar-refractivity contribution is 8.00. The van der Waals surface area contributed by atoms with Gasteiger partial charge in [0.1, 0.15) is 23.0 Å². The molecule has 2 heterocycles. The first-order valence-corrected chi connectivity index (χ1v) is 17.9. The minimum absolute atomic E-state index is 0.00176. The molecule has 0 amide bonds. The maximum atomic E-state index is 13.5. The molecule has 0 aliphatic carbocycles. The molecular formula is C42H32N2O5S2. The van der Waals surface area contributed by atoms with E-state index in [9.17, 15) is 15.0 Å². The lowest BCUT2D eigenvalue weighted by atomic mass is 9.77. The second kappa shape index (κ2) is 13.2. The fourth-order valence-corrected chi connectivity index (χ4v) is 8.73. The zero-order valence-corrected chi connectivity index (χ0v) is 28.8. The van der Waals surface area contributed by atoms with Crippen LogP contribution in [0.4, 0.5) is 5.69 Å². The van der Waals surface area contributed by atoms with Gasteiger partial charge in [-0.05, 0) is 65.3 Å². The third kappa shape index (κ3) is 5.64. The van der Waals surface area contributed by atoms with Gasteiger partial charge in [0.2, 0.25) is 0 Å². The summed E-state index contributed by atoms with van der Waals surface area (Å²) in [6.07, 6.45) is 0. The normalized spacial score (nSPS) is 13.7. The van der Waals surface area contributed by atoms with Gasteiger partial charge in [-0.2, -0.15) is 0 Å². The molecule has 252 valence electrons. The highest BCUT2D eigenvalue weighted by Crippen LogP contribution is 2.57. The van der Waals surface area contributed by atoms with Crippen molar-refractivity contribution in [1.29, 1.82) is 0 Å². The number of esters is 1. The molecule has 0 unspecified atom stereocenters. The summed E-state index contributed by atoms with van der Waals surface area (Å²) >= 11 is 7.56. The summed E-state index contributed by atoms with van der Waals surface area (Å²) in [7, 11) is 0. The van der Waals surface area contributed by atoms with Gasteiger partial charge in [-0.25, -0.2) is 4.79 Å². The lowest BCUT2D eigenvalue weighted by molar-refractivity contribution is 0.0224. The van der Waals surface area contributed by atoms with E-state index in [1.165, 1.54) is 41.0 Å². The third-order valence-corrected chi connectivity index (χ3v) is 11.1. The molecule has 9 heteroatoms. The Morgan fingerprint density at radius 3 is 1.73 bits per heavy atom. The van der Waals surface area contributed by atoms with Gasteiger partial charge in [0, 0.05) is 46.8 Å². The average molecular weight is 709 g/mol. The topological polar surface area (TPSA) is 100 Å². The van der Waals surface area contributed by atoms with Gasteiger partial charge in [-0.1, -0.05) is 97.1 Å². The van der Waals surface area contributed by atoms with E-state index >= 15 is 0 Å². The maximum absolute atomic E-state index is 13.5. The van der Waals surface area contributed by atoms with Crippen molar-refractivity contribution in [3.05, 3.63) is 185 Å². The average Bonchev–Trinajstić information content (AvgIpc) is 3.43. The number of phenolic OH excluding ortho intramolecular Hbond substituents is 2. The number of rotatable bonds is 8. The summed E-state index contributed by atoms with van der Waals surface area (Å²) in [6.45, 7) is 0.591. The Morgan fingerprint density at radius 2 is 1.20 bits per heavy atom. The zero-order valence-electron chi connectivity index (χ0n) is 27.2. The minimum atomic E-state index is -1.33. The van der Waals surface area contributed by atoms with Crippen LogP contribution in [0.2, 0.25) is 0 Å². The Morgan fingerprint density at radius 1 is 0.686 bits per heavy atom. The van der Waals surface area contributed by atoms with Crippen LogP contribution in [0.15, 0.2) is 146 Å². The molecule has 4 N–H and O–H groups in total. The molecule has 2 aliphatic heterocycles. The number of aromatic hydroxyl groups is 2. The van der Waals surface area contributed by atoms with Crippen LogP contribution < -0.4 is 15.4 Å². The Labute approximate surface area is 304 Å². The molecule has 8 rings (SSSR count). The van der Waals surface area contributed by atoms with E-state index in [1.54, 1.807) is 18.2 Å². The van der Waals surface area contributed by atoms with E-state index in [-0.39, 0.29) is 11.5 Å². The van der Waals surface area contributed by atoms with Crippen LogP contribution in [0.1, 0.15) is 43.7 Å². The Kier molecular flexibility index (Phi) is 8.37. The molecule has 0 saturated heterocycles. The summed E-state index contributed by atoms with van der Waals surface area (Å²) < 4.78 is 11.8. The highest BCUT2D eigenvalue weighted by Gasteiger charge is 2.53. The monoisotopic (exact) mass is 708 g/mol. The number of nitrogens with one attached hydrogen (secondary N) is 2. The number of ether oxygens (including phenoxy) is 2. The van der Waals surface area contributed by atoms with Gasteiger partial charge in [0.05, 0.1) is 10.3 Å². The van der Waals surface area contributed by atoms with Crippen molar-refractivity contribution in [3.63, 3.8) is 0 Å². The SMILES string of the molecule is O=C1OC2(c3ccc(O)cc3Oc3cc(O)ccc32)c2ccc(NC(=S)NCCSC(c3ccccc3)(c3ccccc3)c3ccccc3)cc21. The van der Waals surface area contributed by atoms with Crippen molar-refractivity contribution in [2.24, 2.45) is 0 Å². The molecule has 1 spiro atoms. The van der Waals surface area contributed by atoms with Crippen molar-refractivity contribution in [1.82, 2.24) is 5.32 Å². The van der Waals surface area contributed by atoms with Crippen LogP contribution in [0, 0.1) is 0 Å². The van der Waals surface area contributed by atoms with Crippen molar-refractivity contribution in [2.75, 3.05) is 17.6 Å². The molecule has 2 aliphatic rings. The van der Waals surface area contributed by atoms with Gasteiger partial charge in [0.25, 0.3) is 0 Å². The lowest BCUT2D eigenvalue weighted by Gasteiger charge is -2.36. The number of thioether (sulfide) groups is 1. The van der Waals surface area contributed by atoms with Gasteiger partial charge >= 0.3 is 5.97 Å². The van der Waals surface area contributed by atoms with Gasteiger partial charge in [0.15, 0.2) is 10.7 Å². The molecule has 0 aromatic heterocycles. The molecular weight excluding hydrogens is 677 g/mol. The van der Waals surface area contributed by atoms with E-state index in [1.807, 2.05) is 42.1 Å². The number of carbonyl (C=O) groups excluding carboxylic acids is 1. The Hall–Kier alpha value is -5.77. The number of hydrogen-bond donors (Lipinski definition) is 4. The largest absolute Gasteiger partial charge is 0.508 e. The Bertz CT molecular complexity index is 2120. The zero-order chi connectivity index (χ0) is 35.0. The van der Waals surface area contributed by atoms with Crippen molar-refractivity contribution < 1.29 is 24.5 Å².